The minimum absolute atomic E-state index is 0.246. The molecule has 0 rings (SSSR count). The van der Waals surface area contributed by atoms with E-state index in [9.17, 15) is 14.4 Å². The van der Waals surface area contributed by atoms with Gasteiger partial charge in [0.05, 0.1) is 12.8 Å². The van der Waals surface area contributed by atoms with E-state index in [0.29, 0.717) is 0 Å². The van der Waals surface area contributed by atoms with Crippen LogP contribution in [-0.2, 0) is 14.4 Å². The van der Waals surface area contributed by atoms with Crippen LogP contribution in [0.1, 0.15) is 6.42 Å². The number of hydrogen-bond acceptors (Lipinski definition) is 6. The Balaban J connectivity index is 0. The van der Waals surface area contributed by atoms with Crippen molar-refractivity contribution in [3.63, 3.8) is 0 Å². The quantitative estimate of drug-likeness (QED) is 0.127. The van der Waals surface area contributed by atoms with Crippen LogP contribution >= 0.6 is 0 Å². The smallest absolute Gasteiger partial charge is 0.325 e. The predicted octanol–water partition coefficient (Wildman–Crippen LogP) is -2.56. The zero-order chi connectivity index (χ0) is 13.8. The molecular weight excluding hydrogens is 236 g/mol. The molecule has 0 bridgehead atoms. The van der Waals surface area contributed by atoms with Crippen molar-refractivity contribution in [3.8, 4) is 0 Å². The van der Waals surface area contributed by atoms with E-state index in [1.165, 1.54) is 0 Å². The molecule has 10 heteroatoms. The zero-order valence-corrected chi connectivity index (χ0v) is 8.74. The third-order valence-corrected chi connectivity index (χ3v) is 1.10. The Bertz CT molecular complexity index is 292. The minimum Gasteiger partial charge on any atom is -0.481 e. The van der Waals surface area contributed by atoms with Crippen molar-refractivity contribution >= 4 is 24.2 Å². The number of aliphatic carboxylic acids is 3. The van der Waals surface area contributed by atoms with Gasteiger partial charge in [0.1, 0.15) is 12.6 Å². The van der Waals surface area contributed by atoms with Gasteiger partial charge < -0.3 is 26.5 Å². The first-order valence-corrected chi connectivity index (χ1v) is 4.17. The molecule has 17 heavy (non-hydrogen) atoms. The zero-order valence-electron chi connectivity index (χ0n) is 8.74. The summed E-state index contributed by atoms with van der Waals surface area (Å²) in [7, 11) is 0. The van der Waals surface area contributed by atoms with Gasteiger partial charge in [-0.1, -0.05) is 0 Å². The lowest BCUT2D eigenvalue weighted by atomic mass is 10.2. The van der Waals surface area contributed by atoms with Gasteiger partial charge in [-0.05, 0) is 0 Å². The number of aliphatic imine (C=N–C) groups is 1. The summed E-state index contributed by atoms with van der Waals surface area (Å²) in [5.74, 6) is 1.25. The Kier molecular flexibility index (Phi) is 10.4. The van der Waals surface area contributed by atoms with Crippen LogP contribution in [0.3, 0.4) is 0 Å². The molecule has 1 atom stereocenters. The summed E-state index contributed by atoms with van der Waals surface area (Å²) in [5.41, 5.74) is 6.91. The Hall–Kier alpha value is -2.20. The molecule has 0 heterocycles. The van der Waals surface area contributed by atoms with E-state index in [-0.39, 0.29) is 6.54 Å². The molecule has 0 unspecified atom stereocenters. The van der Waals surface area contributed by atoms with Crippen molar-refractivity contribution in [2.24, 2.45) is 16.6 Å². The second-order valence-electron chi connectivity index (χ2n) is 2.57. The van der Waals surface area contributed by atoms with Gasteiger partial charge in [-0.3, -0.25) is 19.4 Å². The average Bonchev–Trinajstić information content (AvgIpc) is 2.17. The molecule has 0 saturated heterocycles. The van der Waals surface area contributed by atoms with Gasteiger partial charge in [-0.2, -0.15) is 0 Å². The molecule has 98 valence electrons. The van der Waals surface area contributed by atoms with Crippen molar-refractivity contribution in [1.29, 1.82) is 0 Å². The molecule has 0 aliphatic heterocycles. The third-order valence-electron chi connectivity index (χ3n) is 1.10. The first kappa shape index (κ1) is 17.2. The van der Waals surface area contributed by atoms with E-state index in [2.05, 4.69) is 10.4 Å². The van der Waals surface area contributed by atoms with Crippen LogP contribution in [0, 0.1) is 0 Å². The van der Waals surface area contributed by atoms with Crippen LogP contribution in [-0.4, -0.2) is 52.2 Å². The summed E-state index contributed by atoms with van der Waals surface area (Å²) < 4.78 is 0. The summed E-state index contributed by atoms with van der Waals surface area (Å²) in [5, 5.41) is 24.0. The van der Waals surface area contributed by atoms with E-state index in [1.807, 2.05) is 0 Å². The van der Waals surface area contributed by atoms with E-state index < -0.39 is 30.4 Å². The second kappa shape index (κ2) is 10.3. The largest absolute Gasteiger partial charge is 0.481 e. The number of hydrogen-bond donors (Lipinski definition) is 6. The molecule has 0 aromatic rings. The molecule has 0 spiro atoms. The topological polar surface area (TPSA) is 188 Å². The third kappa shape index (κ3) is 16.5. The Morgan fingerprint density at radius 1 is 1.24 bits per heavy atom. The van der Waals surface area contributed by atoms with Gasteiger partial charge >= 0.3 is 17.9 Å². The van der Waals surface area contributed by atoms with Crippen molar-refractivity contribution in [1.82, 2.24) is 5.43 Å². The molecule has 10 nitrogen and oxygen atoms in total. The summed E-state index contributed by atoms with van der Waals surface area (Å²) in [4.78, 5) is 32.6. The summed E-state index contributed by atoms with van der Waals surface area (Å²) >= 11 is 0. The SMILES string of the molecule is NNC=NCC(=O)O.N[C@@H](CC(=O)O)C(=O)O. The van der Waals surface area contributed by atoms with Crippen LogP contribution in [0.15, 0.2) is 4.99 Å². The highest BCUT2D eigenvalue weighted by Crippen LogP contribution is 1.86. The lowest BCUT2D eigenvalue weighted by Crippen LogP contribution is -2.32. The normalized spacial score (nSPS) is 11.2. The van der Waals surface area contributed by atoms with E-state index >= 15 is 0 Å². The summed E-state index contributed by atoms with van der Waals surface area (Å²) in [6.07, 6.45) is 0.587. The number of hydrazine groups is 1. The van der Waals surface area contributed by atoms with Crippen LogP contribution < -0.4 is 17.0 Å². The van der Waals surface area contributed by atoms with Crippen LogP contribution in [0.5, 0.6) is 0 Å². The molecule has 0 aromatic heterocycles. The van der Waals surface area contributed by atoms with Crippen LogP contribution in [0.4, 0.5) is 0 Å². The van der Waals surface area contributed by atoms with E-state index in [4.69, 9.17) is 26.9 Å². The fourth-order valence-electron chi connectivity index (χ4n) is 0.452. The van der Waals surface area contributed by atoms with Gasteiger partial charge in [0, 0.05) is 0 Å². The van der Waals surface area contributed by atoms with Crippen LogP contribution in [0.25, 0.3) is 0 Å². The number of nitrogens with two attached hydrogens (primary N) is 2. The molecule has 0 fully saturated rings. The Morgan fingerprint density at radius 3 is 2.00 bits per heavy atom. The van der Waals surface area contributed by atoms with Crippen molar-refractivity contribution in [2.45, 2.75) is 12.5 Å². The number of rotatable bonds is 6. The molecule has 0 aliphatic carbocycles. The van der Waals surface area contributed by atoms with Gasteiger partial charge in [-0.25, -0.2) is 5.84 Å². The van der Waals surface area contributed by atoms with E-state index in [1.54, 1.807) is 0 Å². The predicted molar refractivity (Wildman–Crippen MR) is 56.2 cm³/mol. The Labute approximate surface area is 95.9 Å². The number of carboxylic acid groups (broad SMARTS) is 3. The molecule has 8 N–H and O–H groups in total. The number of nitrogens with one attached hydrogen (secondary N) is 1. The van der Waals surface area contributed by atoms with Gasteiger partial charge in [0.2, 0.25) is 0 Å². The van der Waals surface area contributed by atoms with Gasteiger partial charge in [-0.15, -0.1) is 0 Å². The number of carbonyl (C=O) groups is 3. The monoisotopic (exact) mass is 250 g/mol. The fourth-order valence-corrected chi connectivity index (χ4v) is 0.452. The highest BCUT2D eigenvalue weighted by molar-refractivity contribution is 5.80. The summed E-state index contributed by atoms with van der Waals surface area (Å²) in [6, 6.07) is -1.29. The minimum atomic E-state index is -1.29. The van der Waals surface area contributed by atoms with E-state index in [0.717, 1.165) is 6.34 Å². The molecule has 0 aliphatic rings. The summed E-state index contributed by atoms with van der Waals surface area (Å²) in [6.45, 7) is -0.246. The first-order chi connectivity index (χ1) is 7.81. The van der Waals surface area contributed by atoms with Gasteiger partial charge in [0.15, 0.2) is 0 Å². The molecular formula is C7H14N4O6. The molecule has 0 amide bonds. The lowest BCUT2D eigenvalue weighted by molar-refractivity contribution is -0.144. The lowest BCUT2D eigenvalue weighted by Gasteiger charge is -1.99. The molecule has 0 aromatic carbocycles. The van der Waals surface area contributed by atoms with Crippen molar-refractivity contribution in [2.75, 3.05) is 6.54 Å². The highest BCUT2D eigenvalue weighted by atomic mass is 16.4. The van der Waals surface area contributed by atoms with Crippen molar-refractivity contribution < 1.29 is 29.7 Å². The maximum atomic E-state index is 9.85. The highest BCUT2D eigenvalue weighted by Gasteiger charge is 2.14. The van der Waals surface area contributed by atoms with Crippen LogP contribution in [0.2, 0.25) is 0 Å². The Morgan fingerprint density at radius 2 is 1.76 bits per heavy atom. The fraction of sp³-hybridized carbons (Fsp3) is 0.429. The standard InChI is InChI=1S/C4H7NO4.C3H7N3O2/c5-2(4(8)9)1-3(6)7;4-6-2-5-1-3(7)8/h2H,1,5H2,(H,6,7)(H,8,9);2H,1,4H2,(H,5,6)(H,7,8)/t2-;/m0./s1. The maximum Gasteiger partial charge on any atom is 0.325 e. The molecule has 0 radical (unpaired) electrons. The van der Waals surface area contributed by atoms with Crippen molar-refractivity contribution in [3.05, 3.63) is 0 Å². The average molecular weight is 250 g/mol. The maximum absolute atomic E-state index is 9.85. The molecule has 0 saturated carbocycles. The first-order valence-electron chi connectivity index (χ1n) is 4.17. The number of carboxylic acids is 3. The second-order valence-corrected chi connectivity index (χ2v) is 2.57. The van der Waals surface area contributed by atoms with Gasteiger partial charge in [0.25, 0.3) is 0 Å². The number of nitrogens with zero attached hydrogens (tertiary/aromatic N) is 1.